The molecule has 0 aliphatic rings. The Morgan fingerprint density at radius 2 is 2.20 bits per heavy atom. The molecule has 1 aromatic heterocycles. The molecule has 0 aliphatic carbocycles. The third kappa shape index (κ3) is 5.87. The van der Waals surface area contributed by atoms with Crippen LogP contribution in [0.2, 0.25) is 0 Å². The van der Waals surface area contributed by atoms with Crippen LogP contribution in [0.4, 0.5) is 0 Å². The summed E-state index contributed by atoms with van der Waals surface area (Å²) in [6.07, 6.45) is 2.50. The molecular formula is C13H22N2O4S. The number of sulfonamides is 1. The second-order valence-corrected chi connectivity index (χ2v) is 5.79. The van der Waals surface area contributed by atoms with E-state index in [0.717, 1.165) is 13.0 Å². The number of nitrogens with one attached hydrogen (secondary N) is 2. The van der Waals surface area contributed by atoms with Crippen LogP contribution in [0.15, 0.2) is 34.3 Å². The first-order valence-corrected chi connectivity index (χ1v) is 8.06. The molecule has 1 heterocycles. The summed E-state index contributed by atoms with van der Waals surface area (Å²) in [5, 5.41) is 2.99. The Hall–Kier alpha value is -1.15. The van der Waals surface area contributed by atoms with Crippen molar-refractivity contribution in [1.82, 2.24) is 10.0 Å². The molecule has 20 heavy (non-hydrogen) atoms. The molecule has 0 amide bonds. The van der Waals surface area contributed by atoms with Gasteiger partial charge in [-0.1, -0.05) is 13.0 Å². The van der Waals surface area contributed by atoms with Crippen molar-refractivity contribution >= 4 is 10.0 Å². The van der Waals surface area contributed by atoms with Gasteiger partial charge in [0, 0.05) is 6.54 Å². The topological polar surface area (TPSA) is 80.6 Å². The van der Waals surface area contributed by atoms with Gasteiger partial charge in [0.2, 0.25) is 5.09 Å². The fourth-order valence-electron chi connectivity index (χ4n) is 1.43. The first kappa shape index (κ1) is 16.9. The van der Waals surface area contributed by atoms with Crippen molar-refractivity contribution in [3.8, 4) is 0 Å². The van der Waals surface area contributed by atoms with E-state index in [2.05, 4.69) is 16.6 Å². The minimum atomic E-state index is -3.60. The summed E-state index contributed by atoms with van der Waals surface area (Å²) in [6, 6.07) is 3.10. The highest BCUT2D eigenvalue weighted by Gasteiger charge is 2.17. The summed E-state index contributed by atoms with van der Waals surface area (Å²) in [6.45, 7) is 7.91. The molecule has 1 rings (SSSR count). The molecule has 0 aliphatic heterocycles. The smallest absolute Gasteiger partial charge is 0.274 e. The number of ether oxygens (including phenoxy) is 1. The van der Waals surface area contributed by atoms with Gasteiger partial charge in [-0.15, -0.1) is 6.58 Å². The minimum absolute atomic E-state index is 0.0727. The van der Waals surface area contributed by atoms with E-state index in [0.29, 0.717) is 25.5 Å². The third-order valence-corrected chi connectivity index (χ3v) is 3.79. The van der Waals surface area contributed by atoms with Crippen LogP contribution in [0.25, 0.3) is 0 Å². The second-order valence-electron chi connectivity index (χ2n) is 4.09. The molecule has 7 heteroatoms. The fraction of sp³-hybridized carbons (Fsp3) is 0.538. The van der Waals surface area contributed by atoms with Gasteiger partial charge >= 0.3 is 0 Å². The summed E-state index contributed by atoms with van der Waals surface area (Å²) in [5.74, 6) is 0.592. The van der Waals surface area contributed by atoms with Crippen LogP contribution in [0, 0.1) is 0 Å². The largest absolute Gasteiger partial charge is 0.447 e. The quantitative estimate of drug-likeness (QED) is 0.475. The molecule has 0 fully saturated rings. The van der Waals surface area contributed by atoms with Gasteiger partial charge in [-0.05, 0) is 25.1 Å². The van der Waals surface area contributed by atoms with Gasteiger partial charge in [0.1, 0.15) is 5.76 Å². The maximum absolute atomic E-state index is 11.9. The fourth-order valence-corrected chi connectivity index (χ4v) is 2.39. The summed E-state index contributed by atoms with van der Waals surface area (Å²) < 4.78 is 36.8. The van der Waals surface area contributed by atoms with Gasteiger partial charge in [-0.2, -0.15) is 0 Å². The highest BCUT2D eigenvalue weighted by molar-refractivity contribution is 7.89. The van der Waals surface area contributed by atoms with Crippen molar-refractivity contribution < 1.29 is 17.6 Å². The van der Waals surface area contributed by atoms with Crippen molar-refractivity contribution in [2.75, 3.05) is 26.3 Å². The van der Waals surface area contributed by atoms with Crippen molar-refractivity contribution in [3.05, 3.63) is 30.5 Å². The van der Waals surface area contributed by atoms with Gasteiger partial charge in [0.25, 0.3) is 10.0 Å². The molecular weight excluding hydrogens is 280 g/mol. The van der Waals surface area contributed by atoms with Crippen LogP contribution in [0.3, 0.4) is 0 Å². The van der Waals surface area contributed by atoms with Gasteiger partial charge in [-0.3, -0.25) is 0 Å². The van der Waals surface area contributed by atoms with Gasteiger partial charge < -0.3 is 14.5 Å². The predicted molar refractivity (Wildman–Crippen MR) is 76.9 cm³/mol. The number of rotatable bonds is 11. The molecule has 0 aromatic carbocycles. The van der Waals surface area contributed by atoms with Crippen LogP contribution >= 0.6 is 0 Å². The minimum Gasteiger partial charge on any atom is -0.447 e. The number of hydrogen-bond acceptors (Lipinski definition) is 5. The van der Waals surface area contributed by atoms with E-state index in [1.54, 1.807) is 12.1 Å². The van der Waals surface area contributed by atoms with Crippen molar-refractivity contribution in [3.63, 3.8) is 0 Å². The Bertz CT molecular complexity index is 496. The average molecular weight is 302 g/mol. The highest BCUT2D eigenvalue weighted by Crippen LogP contribution is 2.13. The van der Waals surface area contributed by atoms with E-state index in [4.69, 9.17) is 9.15 Å². The van der Waals surface area contributed by atoms with Crippen LogP contribution in [0.1, 0.15) is 19.1 Å². The average Bonchev–Trinajstić information content (AvgIpc) is 2.90. The van der Waals surface area contributed by atoms with Crippen LogP contribution in [-0.2, 0) is 21.3 Å². The lowest BCUT2D eigenvalue weighted by atomic mass is 10.4. The van der Waals surface area contributed by atoms with Gasteiger partial charge in [-0.25, -0.2) is 13.1 Å². The Morgan fingerprint density at radius 1 is 1.40 bits per heavy atom. The third-order valence-electron chi connectivity index (χ3n) is 2.46. The molecule has 0 saturated carbocycles. The molecule has 0 atom stereocenters. The summed E-state index contributed by atoms with van der Waals surface area (Å²) in [5.41, 5.74) is 0. The van der Waals surface area contributed by atoms with Crippen LogP contribution < -0.4 is 10.0 Å². The maximum atomic E-state index is 11.9. The molecule has 114 valence electrons. The van der Waals surface area contributed by atoms with Crippen molar-refractivity contribution in [1.29, 1.82) is 0 Å². The molecule has 0 radical (unpaired) electrons. The molecule has 0 bridgehead atoms. The molecule has 1 aromatic rings. The Balaban J connectivity index is 2.39. The number of furan rings is 1. The van der Waals surface area contributed by atoms with Gasteiger partial charge in [0.15, 0.2) is 0 Å². The number of hydrogen-bond donors (Lipinski definition) is 2. The van der Waals surface area contributed by atoms with Gasteiger partial charge in [0.05, 0.1) is 19.8 Å². The lowest BCUT2D eigenvalue weighted by Gasteiger charge is -2.05. The van der Waals surface area contributed by atoms with E-state index in [1.165, 1.54) is 6.07 Å². The molecule has 0 unspecified atom stereocenters. The Morgan fingerprint density at radius 3 is 2.90 bits per heavy atom. The monoisotopic (exact) mass is 302 g/mol. The zero-order valence-electron chi connectivity index (χ0n) is 11.7. The first-order valence-electron chi connectivity index (χ1n) is 6.58. The zero-order valence-corrected chi connectivity index (χ0v) is 12.5. The van der Waals surface area contributed by atoms with Crippen LogP contribution in [-0.4, -0.2) is 34.7 Å². The summed E-state index contributed by atoms with van der Waals surface area (Å²) in [4.78, 5) is 0. The Kier molecular flexibility index (Phi) is 7.53. The normalized spacial score (nSPS) is 11.7. The molecule has 6 nitrogen and oxygen atoms in total. The standard InChI is InChI=1S/C13H22N2O4S/c1-3-5-9-18-10-8-15-20(16,17)13-7-6-12(19-13)11-14-4-2/h3,6-7,14-15H,1,4-5,8-11H2,2H3. The summed E-state index contributed by atoms with van der Waals surface area (Å²) in [7, 11) is -3.60. The molecule has 2 N–H and O–H groups in total. The maximum Gasteiger partial charge on any atom is 0.274 e. The predicted octanol–water partition coefficient (Wildman–Crippen LogP) is 1.26. The highest BCUT2D eigenvalue weighted by atomic mass is 32.2. The lowest BCUT2D eigenvalue weighted by Crippen LogP contribution is -2.27. The summed E-state index contributed by atoms with van der Waals surface area (Å²) >= 11 is 0. The molecule has 0 spiro atoms. The van der Waals surface area contributed by atoms with Crippen molar-refractivity contribution in [2.24, 2.45) is 0 Å². The SMILES string of the molecule is C=CCCOCCNS(=O)(=O)c1ccc(CNCC)o1. The van der Waals surface area contributed by atoms with E-state index in [9.17, 15) is 8.42 Å². The first-order chi connectivity index (χ1) is 9.60. The zero-order chi connectivity index (χ0) is 14.8. The van der Waals surface area contributed by atoms with E-state index >= 15 is 0 Å². The Labute approximate surface area is 120 Å². The van der Waals surface area contributed by atoms with E-state index in [1.807, 2.05) is 6.92 Å². The second kappa shape index (κ2) is 8.91. The lowest BCUT2D eigenvalue weighted by molar-refractivity contribution is 0.144. The van der Waals surface area contributed by atoms with E-state index in [-0.39, 0.29) is 11.6 Å². The van der Waals surface area contributed by atoms with E-state index < -0.39 is 10.0 Å². The molecule has 0 saturated heterocycles. The van der Waals surface area contributed by atoms with Crippen molar-refractivity contribution in [2.45, 2.75) is 25.0 Å². The van der Waals surface area contributed by atoms with Crippen LogP contribution in [0.5, 0.6) is 0 Å².